The van der Waals surface area contributed by atoms with Crippen LogP contribution < -0.4 is 10.2 Å². The van der Waals surface area contributed by atoms with Crippen LogP contribution in [0.3, 0.4) is 0 Å². The molecule has 0 bridgehead atoms. The van der Waals surface area contributed by atoms with Crippen LogP contribution in [-0.2, 0) is 4.79 Å². The number of nitrogens with zero attached hydrogens (tertiary/aromatic N) is 4. The molecule has 3 aromatic rings. The molecule has 2 heterocycles. The Morgan fingerprint density at radius 1 is 1.13 bits per heavy atom. The molecule has 1 amide bonds. The first-order valence-corrected chi connectivity index (χ1v) is 10.4. The average molecular weight is 440 g/mol. The van der Waals surface area contributed by atoms with Gasteiger partial charge >= 0.3 is 0 Å². The number of piperazine rings is 1. The predicted molar refractivity (Wildman–Crippen MR) is 123 cm³/mol. The van der Waals surface area contributed by atoms with Gasteiger partial charge in [-0.2, -0.15) is 0 Å². The predicted octanol–water partition coefficient (Wildman–Crippen LogP) is 4.13. The van der Waals surface area contributed by atoms with E-state index in [-0.39, 0.29) is 5.91 Å². The Labute approximate surface area is 185 Å². The molecule has 1 aliphatic rings. The Morgan fingerprint density at radius 2 is 1.90 bits per heavy atom. The zero-order valence-electron chi connectivity index (χ0n) is 17.4. The summed E-state index contributed by atoms with van der Waals surface area (Å²) in [4.78, 5) is 26.2. The molecule has 4 rings (SSSR count). The Kier molecular flexibility index (Phi) is 6.15. The maximum Gasteiger partial charge on any atom is 0.248 e. The number of aryl methyl sites for hydroxylation is 1. The summed E-state index contributed by atoms with van der Waals surface area (Å²) in [5, 5.41) is 3.99. The molecule has 0 saturated carbocycles. The summed E-state index contributed by atoms with van der Waals surface area (Å²) in [7, 11) is 2.11. The van der Waals surface area contributed by atoms with Crippen molar-refractivity contribution in [2.24, 2.45) is 0 Å². The van der Waals surface area contributed by atoms with Crippen LogP contribution in [-0.4, -0.2) is 54.0 Å². The summed E-state index contributed by atoms with van der Waals surface area (Å²) in [6.07, 6.45) is 2.70. The van der Waals surface area contributed by atoms with Crippen molar-refractivity contribution in [3.63, 3.8) is 0 Å². The number of hydrogen-bond donors (Lipinski definition) is 1. The van der Waals surface area contributed by atoms with Crippen LogP contribution in [0, 0.1) is 12.7 Å². The molecular weight excluding hydrogens is 417 g/mol. The summed E-state index contributed by atoms with van der Waals surface area (Å²) in [5.41, 5.74) is 2.60. The smallest absolute Gasteiger partial charge is 0.248 e. The maximum atomic E-state index is 13.8. The minimum absolute atomic E-state index is 0.291. The average Bonchev–Trinajstić information content (AvgIpc) is 2.74. The molecule has 6 nitrogen and oxygen atoms in total. The van der Waals surface area contributed by atoms with E-state index in [2.05, 4.69) is 27.1 Å². The topological polar surface area (TPSA) is 61.4 Å². The monoisotopic (exact) mass is 439 g/mol. The van der Waals surface area contributed by atoms with E-state index in [4.69, 9.17) is 16.6 Å². The number of rotatable bonds is 4. The van der Waals surface area contributed by atoms with E-state index >= 15 is 0 Å². The van der Waals surface area contributed by atoms with Crippen molar-refractivity contribution in [1.82, 2.24) is 14.9 Å². The van der Waals surface area contributed by atoms with Gasteiger partial charge in [0.25, 0.3) is 0 Å². The number of carbonyl (C=O) groups excluding carboxylic acids is 1. The molecule has 0 atom stereocenters. The zero-order valence-corrected chi connectivity index (χ0v) is 18.2. The van der Waals surface area contributed by atoms with Crippen LogP contribution in [0.25, 0.3) is 17.0 Å². The number of halogens is 2. The van der Waals surface area contributed by atoms with Crippen molar-refractivity contribution < 1.29 is 9.18 Å². The van der Waals surface area contributed by atoms with Crippen molar-refractivity contribution in [2.75, 3.05) is 43.4 Å². The second-order valence-electron chi connectivity index (χ2n) is 7.62. The Morgan fingerprint density at radius 3 is 2.65 bits per heavy atom. The van der Waals surface area contributed by atoms with Crippen molar-refractivity contribution in [1.29, 1.82) is 0 Å². The van der Waals surface area contributed by atoms with E-state index in [1.807, 2.05) is 19.1 Å². The van der Waals surface area contributed by atoms with E-state index in [1.165, 1.54) is 24.3 Å². The van der Waals surface area contributed by atoms with E-state index in [9.17, 15) is 9.18 Å². The maximum absolute atomic E-state index is 13.8. The molecule has 1 N–H and O–H groups in total. The first kappa shape index (κ1) is 21.2. The van der Waals surface area contributed by atoms with Crippen LogP contribution >= 0.6 is 11.6 Å². The van der Waals surface area contributed by atoms with E-state index in [0.717, 1.165) is 48.7 Å². The number of amides is 1. The third-order valence-corrected chi connectivity index (χ3v) is 5.54. The van der Waals surface area contributed by atoms with Crippen LogP contribution in [0.4, 0.5) is 16.0 Å². The van der Waals surface area contributed by atoms with Crippen LogP contribution in [0.1, 0.15) is 11.3 Å². The van der Waals surface area contributed by atoms with Gasteiger partial charge in [0, 0.05) is 53.9 Å². The lowest BCUT2D eigenvalue weighted by Crippen LogP contribution is -2.45. The highest BCUT2D eigenvalue weighted by molar-refractivity contribution is 6.30. The quantitative estimate of drug-likeness (QED) is 0.619. The number of likely N-dealkylation sites (N-methyl/N-ethyl adjacent to an activating group) is 1. The standard InChI is InChI=1S/C23H23ClFN5O/c1-15-19-14-18(27-22(31)8-4-16-3-5-17(24)13-20(16)25)6-7-21(19)28-23(26-15)30-11-9-29(2)10-12-30/h3-8,13-14H,9-12H2,1-2H3,(H,27,31). The highest BCUT2D eigenvalue weighted by atomic mass is 35.5. The number of benzene rings is 2. The van der Waals surface area contributed by atoms with Gasteiger partial charge in [0.2, 0.25) is 11.9 Å². The van der Waals surface area contributed by atoms with E-state index < -0.39 is 5.82 Å². The van der Waals surface area contributed by atoms with Crippen molar-refractivity contribution in [2.45, 2.75) is 6.92 Å². The van der Waals surface area contributed by atoms with Crippen molar-refractivity contribution in [3.05, 3.63) is 64.6 Å². The molecule has 2 aromatic carbocycles. The third-order valence-electron chi connectivity index (χ3n) is 5.30. The fraction of sp³-hybridized carbons (Fsp3) is 0.261. The summed E-state index contributed by atoms with van der Waals surface area (Å²) in [6, 6.07) is 9.84. The molecule has 160 valence electrons. The number of nitrogens with one attached hydrogen (secondary N) is 1. The Bertz CT molecular complexity index is 1160. The van der Waals surface area contributed by atoms with Gasteiger partial charge in [0.05, 0.1) is 11.2 Å². The fourth-order valence-electron chi connectivity index (χ4n) is 3.48. The number of anilines is 2. The highest BCUT2D eigenvalue weighted by Crippen LogP contribution is 2.23. The third kappa shape index (κ3) is 5.00. The highest BCUT2D eigenvalue weighted by Gasteiger charge is 2.17. The Hall–Kier alpha value is -3.03. The minimum atomic E-state index is -0.480. The first-order valence-electron chi connectivity index (χ1n) is 10.0. The summed E-state index contributed by atoms with van der Waals surface area (Å²) < 4.78 is 13.8. The Balaban J connectivity index is 1.49. The van der Waals surface area contributed by atoms with Gasteiger partial charge in [0.1, 0.15) is 5.82 Å². The molecule has 31 heavy (non-hydrogen) atoms. The number of fused-ring (bicyclic) bond motifs is 1. The number of aromatic nitrogens is 2. The normalized spacial score (nSPS) is 15.0. The van der Waals surface area contributed by atoms with E-state index in [0.29, 0.717) is 16.3 Å². The molecule has 1 aromatic heterocycles. The molecule has 0 spiro atoms. The number of hydrogen-bond acceptors (Lipinski definition) is 5. The summed E-state index contributed by atoms with van der Waals surface area (Å²) in [5.74, 6) is -0.102. The van der Waals surface area contributed by atoms with Gasteiger partial charge in [-0.3, -0.25) is 4.79 Å². The zero-order chi connectivity index (χ0) is 22.0. The van der Waals surface area contributed by atoms with Crippen LogP contribution in [0.2, 0.25) is 5.02 Å². The van der Waals surface area contributed by atoms with Gasteiger partial charge in [0.15, 0.2) is 0 Å². The lowest BCUT2D eigenvalue weighted by Gasteiger charge is -2.32. The second-order valence-corrected chi connectivity index (χ2v) is 8.06. The molecule has 8 heteroatoms. The molecule has 0 unspecified atom stereocenters. The SMILES string of the molecule is Cc1nc(N2CCN(C)CC2)nc2ccc(NC(=O)C=Cc3ccc(Cl)cc3F)cc12. The second kappa shape index (κ2) is 8.99. The number of carbonyl (C=O) groups is 1. The van der Waals surface area contributed by atoms with Gasteiger partial charge < -0.3 is 15.1 Å². The molecule has 1 fully saturated rings. The molecular formula is C23H23ClFN5O. The van der Waals surface area contributed by atoms with Gasteiger partial charge in [-0.1, -0.05) is 17.7 Å². The lowest BCUT2D eigenvalue weighted by atomic mass is 10.1. The fourth-order valence-corrected chi connectivity index (χ4v) is 3.64. The minimum Gasteiger partial charge on any atom is -0.338 e. The molecule has 1 aliphatic heterocycles. The van der Waals surface area contributed by atoms with E-state index in [1.54, 1.807) is 12.1 Å². The molecule has 0 radical (unpaired) electrons. The van der Waals surface area contributed by atoms with Gasteiger partial charge in [-0.15, -0.1) is 0 Å². The first-order chi connectivity index (χ1) is 14.9. The van der Waals surface area contributed by atoms with Crippen LogP contribution in [0.15, 0.2) is 42.5 Å². The largest absolute Gasteiger partial charge is 0.338 e. The van der Waals surface area contributed by atoms with Crippen LogP contribution in [0.5, 0.6) is 0 Å². The van der Waals surface area contributed by atoms with Crippen molar-refractivity contribution in [3.8, 4) is 0 Å². The summed E-state index contributed by atoms with van der Waals surface area (Å²) in [6.45, 7) is 5.71. The molecule has 0 aliphatic carbocycles. The van der Waals surface area contributed by atoms with Gasteiger partial charge in [-0.05, 0) is 50.4 Å². The summed E-state index contributed by atoms with van der Waals surface area (Å²) >= 11 is 5.75. The molecule has 1 saturated heterocycles. The van der Waals surface area contributed by atoms with Gasteiger partial charge in [-0.25, -0.2) is 14.4 Å². The lowest BCUT2D eigenvalue weighted by molar-refractivity contribution is -0.111. The van der Waals surface area contributed by atoms with Crippen molar-refractivity contribution >= 4 is 46.1 Å².